The molecule has 2 amide bonds. The maximum atomic E-state index is 12.4. The number of anilines is 2. The zero-order valence-electron chi connectivity index (χ0n) is 17.3. The number of carbonyl (C=O) groups excluding carboxylic acids is 2. The molecule has 2 aromatic carbocycles. The van der Waals surface area contributed by atoms with Crippen molar-refractivity contribution in [2.45, 2.75) is 18.5 Å². The van der Waals surface area contributed by atoms with Gasteiger partial charge in [0.25, 0.3) is 0 Å². The maximum Gasteiger partial charge on any atom is 0.234 e. The smallest absolute Gasteiger partial charge is 0.234 e. The number of tetrazole rings is 1. The van der Waals surface area contributed by atoms with E-state index < -0.39 is 0 Å². The van der Waals surface area contributed by atoms with Gasteiger partial charge in [0.1, 0.15) is 17.2 Å². The molecule has 1 heterocycles. The van der Waals surface area contributed by atoms with Gasteiger partial charge in [-0.25, -0.2) is 0 Å². The fraction of sp³-hybridized carbons (Fsp3) is 0.250. The summed E-state index contributed by atoms with van der Waals surface area (Å²) in [6.07, 6.45) is 0.376. The number of methoxy groups -OCH3 is 2. The standard InChI is InChI=1S/C20H22N6O4S/c1-4-18(27)21-13-6-5-7-14(10-13)22-19(28)12-31-20-23-24-25-26(20)16-9-8-15(29-2)11-17(16)30-3/h5-11H,4,12H2,1-3H3,(H,21,27)(H,22,28). The Morgan fingerprint density at radius 3 is 2.45 bits per heavy atom. The number of hydrogen-bond donors (Lipinski definition) is 2. The average Bonchev–Trinajstić information content (AvgIpc) is 3.25. The van der Waals surface area contributed by atoms with Crippen molar-refractivity contribution in [2.24, 2.45) is 0 Å². The molecule has 0 bridgehead atoms. The van der Waals surface area contributed by atoms with Gasteiger partial charge in [-0.05, 0) is 40.8 Å². The summed E-state index contributed by atoms with van der Waals surface area (Å²) in [5, 5.41) is 17.7. The molecule has 0 saturated carbocycles. The van der Waals surface area contributed by atoms with E-state index in [4.69, 9.17) is 9.47 Å². The normalized spacial score (nSPS) is 10.4. The van der Waals surface area contributed by atoms with Gasteiger partial charge in [-0.15, -0.1) is 5.10 Å². The summed E-state index contributed by atoms with van der Waals surface area (Å²) in [6.45, 7) is 1.77. The Bertz CT molecular complexity index is 1070. The van der Waals surface area contributed by atoms with E-state index in [-0.39, 0.29) is 17.6 Å². The Morgan fingerprint density at radius 1 is 1.03 bits per heavy atom. The number of ether oxygens (including phenoxy) is 2. The highest BCUT2D eigenvalue weighted by molar-refractivity contribution is 7.99. The second kappa shape index (κ2) is 10.4. The second-order valence-corrected chi connectivity index (χ2v) is 7.17. The van der Waals surface area contributed by atoms with E-state index in [1.54, 1.807) is 63.6 Å². The Balaban J connectivity index is 1.66. The molecule has 0 aliphatic carbocycles. The molecule has 0 atom stereocenters. The second-order valence-electron chi connectivity index (χ2n) is 6.23. The van der Waals surface area contributed by atoms with Crippen LogP contribution in [-0.4, -0.2) is 52.0 Å². The first-order valence-electron chi connectivity index (χ1n) is 9.37. The van der Waals surface area contributed by atoms with Crippen molar-refractivity contribution in [3.63, 3.8) is 0 Å². The van der Waals surface area contributed by atoms with Crippen LogP contribution in [0.1, 0.15) is 13.3 Å². The molecule has 31 heavy (non-hydrogen) atoms. The first-order valence-corrected chi connectivity index (χ1v) is 10.4. The number of hydrogen-bond acceptors (Lipinski definition) is 8. The third kappa shape index (κ3) is 5.72. The number of carbonyl (C=O) groups is 2. The maximum absolute atomic E-state index is 12.4. The number of nitrogens with one attached hydrogen (secondary N) is 2. The largest absolute Gasteiger partial charge is 0.497 e. The highest BCUT2D eigenvalue weighted by Gasteiger charge is 2.16. The third-order valence-electron chi connectivity index (χ3n) is 4.14. The summed E-state index contributed by atoms with van der Waals surface area (Å²) >= 11 is 1.18. The first kappa shape index (κ1) is 22.1. The molecule has 3 rings (SSSR count). The molecule has 162 valence electrons. The van der Waals surface area contributed by atoms with E-state index in [0.29, 0.717) is 40.1 Å². The zero-order valence-corrected chi connectivity index (χ0v) is 18.1. The van der Waals surface area contributed by atoms with Gasteiger partial charge < -0.3 is 20.1 Å². The number of nitrogens with zero attached hydrogens (tertiary/aromatic N) is 4. The van der Waals surface area contributed by atoms with Gasteiger partial charge in [-0.3, -0.25) is 9.59 Å². The van der Waals surface area contributed by atoms with Crippen LogP contribution in [0.15, 0.2) is 47.6 Å². The van der Waals surface area contributed by atoms with Crippen LogP contribution in [0.2, 0.25) is 0 Å². The monoisotopic (exact) mass is 442 g/mol. The van der Waals surface area contributed by atoms with Crippen LogP contribution in [-0.2, 0) is 9.59 Å². The van der Waals surface area contributed by atoms with Crippen LogP contribution >= 0.6 is 11.8 Å². The van der Waals surface area contributed by atoms with Crippen LogP contribution in [0.25, 0.3) is 5.69 Å². The van der Waals surface area contributed by atoms with Crippen LogP contribution in [0.5, 0.6) is 11.5 Å². The van der Waals surface area contributed by atoms with Crippen LogP contribution < -0.4 is 20.1 Å². The SMILES string of the molecule is CCC(=O)Nc1cccc(NC(=O)CSc2nnnn2-c2ccc(OC)cc2OC)c1. The Labute approximate surface area is 183 Å². The minimum absolute atomic E-state index is 0.0877. The summed E-state index contributed by atoms with van der Waals surface area (Å²) in [5.41, 5.74) is 1.82. The van der Waals surface area contributed by atoms with Gasteiger partial charge in [-0.1, -0.05) is 24.8 Å². The van der Waals surface area contributed by atoms with E-state index in [1.165, 1.54) is 16.4 Å². The van der Waals surface area contributed by atoms with Gasteiger partial charge in [0.2, 0.25) is 17.0 Å². The lowest BCUT2D eigenvalue weighted by Gasteiger charge is -2.11. The van der Waals surface area contributed by atoms with Crippen molar-refractivity contribution < 1.29 is 19.1 Å². The van der Waals surface area contributed by atoms with E-state index in [1.807, 2.05) is 0 Å². The van der Waals surface area contributed by atoms with Gasteiger partial charge in [0.05, 0.1) is 20.0 Å². The fourth-order valence-corrected chi connectivity index (χ4v) is 3.32. The predicted molar refractivity (Wildman–Crippen MR) is 117 cm³/mol. The third-order valence-corrected chi connectivity index (χ3v) is 5.06. The lowest BCUT2D eigenvalue weighted by molar-refractivity contribution is -0.116. The summed E-state index contributed by atoms with van der Waals surface area (Å²) in [4.78, 5) is 24.0. The Morgan fingerprint density at radius 2 is 1.77 bits per heavy atom. The summed E-state index contributed by atoms with van der Waals surface area (Å²) in [5.74, 6) is 0.924. The zero-order chi connectivity index (χ0) is 22.2. The van der Waals surface area contributed by atoms with Crippen molar-refractivity contribution in [2.75, 3.05) is 30.6 Å². The number of aromatic nitrogens is 4. The lowest BCUT2D eigenvalue weighted by atomic mass is 10.2. The molecule has 0 unspecified atom stereocenters. The van der Waals surface area contributed by atoms with Crippen molar-refractivity contribution >= 4 is 35.0 Å². The number of amides is 2. The van der Waals surface area contributed by atoms with Crippen molar-refractivity contribution in [1.82, 2.24) is 20.2 Å². The van der Waals surface area contributed by atoms with Crippen molar-refractivity contribution in [3.8, 4) is 17.2 Å². The molecular weight excluding hydrogens is 420 g/mol. The minimum Gasteiger partial charge on any atom is -0.497 e. The average molecular weight is 443 g/mol. The van der Waals surface area contributed by atoms with Crippen LogP contribution in [0.4, 0.5) is 11.4 Å². The lowest BCUT2D eigenvalue weighted by Crippen LogP contribution is -2.15. The van der Waals surface area contributed by atoms with Crippen molar-refractivity contribution in [3.05, 3.63) is 42.5 Å². The molecule has 0 spiro atoms. The molecule has 0 radical (unpaired) electrons. The molecule has 10 nitrogen and oxygen atoms in total. The van der Waals surface area contributed by atoms with Crippen LogP contribution in [0, 0.1) is 0 Å². The molecule has 0 saturated heterocycles. The highest BCUT2D eigenvalue weighted by atomic mass is 32.2. The van der Waals surface area contributed by atoms with E-state index >= 15 is 0 Å². The molecular formula is C20H22N6O4S. The summed E-state index contributed by atoms with van der Waals surface area (Å²) in [6, 6.07) is 12.2. The topological polar surface area (TPSA) is 120 Å². The number of benzene rings is 2. The fourth-order valence-electron chi connectivity index (χ4n) is 2.63. The molecule has 0 aliphatic rings. The highest BCUT2D eigenvalue weighted by Crippen LogP contribution is 2.29. The van der Waals surface area contributed by atoms with E-state index in [9.17, 15) is 9.59 Å². The van der Waals surface area contributed by atoms with Gasteiger partial charge >= 0.3 is 0 Å². The quantitative estimate of drug-likeness (QED) is 0.486. The Kier molecular flexibility index (Phi) is 7.44. The van der Waals surface area contributed by atoms with Crippen LogP contribution in [0.3, 0.4) is 0 Å². The molecule has 0 aliphatic heterocycles. The molecule has 3 aromatic rings. The molecule has 1 aromatic heterocycles. The Hall–Kier alpha value is -3.60. The molecule has 11 heteroatoms. The first-order chi connectivity index (χ1) is 15.0. The minimum atomic E-state index is -0.236. The van der Waals surface area contributed by atoms with Gasteiger partial charge in [0, 0.05) is 23.9 Å². The summed E-state index contributed by atoms with van der Waals surface area (Å²) in [7, 11) is 3.11. The van der Waals surface area contributed by atoms with E-state index in [0.717, 1.165) is 0 Å². The molecule has 0 fully saturated rings. The summed E-state index contributed by atoms with van der Waals surface area (Å²) < 4.78 is 12.1. The van der Waals surface area contributed by atoms with Crippen molar-refractivity contribution in [1.29, 1.82) is 0 Å². The molecule has 2 N–H and O–H groups in total. The number of thioether (sulfide) groups is 1. The van der Waals surface area contributed by atoms with E-state index in [2.05, 4.69) is 26.2 Å². The number of rotatable bonds is 9. The van der Waals surface area contributed by atoms with Gasteiger partial charge in [-0.2, -0.15) is 4.68 Å². The van der Waals surface area contributed by atoms with Gasteiger partial charge in [0.15, 0.2) is 0 Å². The predicted octanol–water partition coefficient (Wildman–Crippen LogP) is 2.76.